The summed E-state index contributed by atoms with van der Waals surface area (Å²) in [6.07, 6.45) is 1.86. The summed E-state index contributed by atoms with van der Waals surface area (Å²) in [4.78, 5) is 5.54. The molecule has 0 aliphatic heterocycles. The molecule has 2 aromatic rings. The summed E-state index contributed by atoms with van der Waals surface area (Å²) in [6, 6.07) is 8.07. The Morgan fingerprint density at radius 2 is 1.90 bits per heavy atom. The number of hydrogen-bond acceptors (Lipinski definition) is 4. The molecule has 1 aromatic carbocycles. The Morgan fingerprint density at radius 3 is 2.40 bits per heavy atom. The number of hydrogen-bond donors (Lipinski definition) is 1. The monoisotopic (exact) mass is 290 g/mol. The highest BCUT2D eigenvalue weighted by Gasteiger charge is 2.18. The van der Waals surface area contributed by atoms with E-state index in [0.29, 0.717) is 5.92 Å². The molecule has 1 aromatic heterocycles. The van der Waals surface area contributed by atoms with E-state index in [-0.39, 0.29) is 5.54 Å². The summed E-state index contributed by atoms with van der Waals surface area (Å²) in [5, 5.41) is 0.994. The first-order valence-corrected chi connectivity index (χ1v) is 7.66. The van der Waals surface area contributed by atoms with Crippen molar-refractivity contribution in [2.45, 2.75) is 33.2 Å². The molecule has 0 aliphatic rings. The molecule has 1 heterocycles. The second-order valence-corrected chi connectivity index (χ2v) is 7.01. The lowest BCUT2D eigenvalue weighted by atomic mass is 10.1. The lowest BCUT2D eigenvalue weighted by Gasteiger charge is -2.14. The summed E-state index contributed by atoms with van der Waals surface area (Å²) in [6.45, 7) is 9.00. The van der Waals surface area contributed by atoms with Gasteiger partial charge in [0, 0.05) is 22.2 Å². The number of nitrogens with two attached hydrogens (primary N) is 1. The Balaban J connectivity index is 2.12. The van der Waals surface area contributed by atoms with Crippen molar-refractivity contribution in [1.82, 2.24) is 4.98 Å². The first-order chi connectivity index (χ1) is 9.36. The van der Waals surface area contributed by atoms with E-state index in [1.54, 1.807) is 11.3 Å². The van der Waals surface area contributed by atoms with Gasteiger partial charge in [-0.05, 0) is 44.0 Å². The van der Waals surface area contributed by atoms with Crippen LogP contribution >= 0.6 is 11.3 Å². The highest BCUT2D eigenvalue weighted by molar-refractivity contribution is 7.15. The second-order valence-electron chi connectivity index (χ2n) is 5.98. The van der Waals surface area contributed by atoms with Crippen molar-refractivity contribution < 1.29 is 4.74 Å². The third-order valence-electron chi connectivity index (χ3n) is 2.83. The van der Waals surface area contributed by atoms with Gasteiger partial charge in [-0.25, -0.2) is 4.98 Å². The lowest BCUT2D eigenvalue weighted by molar-refractivity contribution is 0.271. The maximum Gasteiger partial charge on any atom is 0.123 e. The van der Waals surface area contributed by atoms with E-state index >= 15 is 0 Å². The van der Waals surface area contributed by atoms with E-state index in [9.17, 15) is 0 Å². The third-order valence-corrected chi connectivity index (χ3v) is 4.21. The van der Waals surface area contributed by atoms with E-state index in [1.165, 1.54) is 0 Å². The Hall–Kier alpha value is -1.39. The van der Waals surface area contributed by atoms with E-state index in [0.717, 1.165) is 27.8 Å². The van der Waals surface area contributed by atoms with E-state index in [1.807, 2.05) is 44.3 Å². The second kappa shape index (κ2) is 5.94. The van der Waals surface area contributed by atoms with Gasteiger partial charge in [0.1, 0.15) is 10.8 Å². The molecule has 2 rings (SSSR count). The third kappa shape index (κ3) is 3.81. The van der Waals surface area contributed by atoms with Gasteiger partial charge in [-0.2, -0.15) is 0 Å². The molecule has 3 nitrogen and oxygen atoms in total. The predicted molar refractivity (Wildman–Crippen MR) is 85.1 cm³/mol. The number of nitrogens with zero attached hydrogens (tertiary/aromatic N) is 1. The smallest absolute Gasteiger partial charge is 0.123 e. The Kier molecular flexibility index (Phi) is 4.45. The molecule has 0 unspecified atom stereocenters. The molecule has 0 saturated heterocycles. The molecule has 0 radical (unpaired) electrons. The van der Waals surface area contributed by atoms with Crippen molar-refractivity contribution in [1.29, 1.82) is 0 Å². The zero-order valence-electron chi connectivity index (χ0n) is 12.5. The van der Waals surface area contributed by atoms with Crippen LogP contribution in [0.25, 0.3) is 10.6 Å². The summed E-state index contributed by atoms with van der Waals surface area (Å²) >= 11 is 1.64. The van der Waals surface area contributed by atoms with Gasteiger partial charge in [0.05, 0.1) is 6.61 Å². The van der Waals surface area contributed by atoms with Crippen LogP contribution < -0.4 is 10.5 Å². The fraction of sp³-hybridized carbons (Fsp3) is 0.438. The van der Waals surface area contributed by atoms with Crippen molar-refractivity contribution in [3.05, 3.63) is 35.3 Å². The Labute approximate surface area is 124 Å². The van der Waals surface area contributed by atoms with Crippen LogP contribution in [0, 0.1) is 5.92 Å². The van der Waals surface area contributed by atoms with Crippen molar-refractivity contribution in [2.24, 2.45) is 11.7 Å². The normalized spacial score (nSPS) is 11.9. The summed E-state index contributed by atoms with van der Waals surface area (Å²) < 4.78 is 5.68. The molecule has 4 heteroatoms. The zero-order valence-corrected chi connectivity index (χ0v) is 13.3. The van der Waals surface area contributed by atoms with Crippen molar-refractivity contribution in [3.63, 3.8) is 0 Å². The number of rotatable bonds is 5. The molecule has 0 aliphatic carbocycles. The molecule has 0 spiro atoms. The van der Waals surface area contributed by atoms with Gasteiger partial charge in [-0.3, -0.25) is 0 Å². The molecule has 0 saturated carbocycles. The summed E-state index contributed by atoms with van der Waals surface area (Å²) in [5.74, 6) is 1.43. The largest absolute Gasteiger partial charge is 0.493 e. The van der Waals surface area contributed by atoms with Crippen LogP contribution in [0.15, 0.2) is 30.5 Å². The van der Waals surface area contributed by atoms with Gasteiger partial charge >= 0.3 is 0 Å². The van der Waals surface area contributed by atoms with Crippen LogP contribution in [0.4, 0.5) is 0 Å². The van der Waals surface area contributed by atoms with Gasteiger partial charge in [0.25, 0.3) is 0 Å². The van der Waals surface area contributed by atoms with Gasteiger partial charge in [0.15, 0.2) is 0 Å². The minimum absolute atomic E-state index is 0.337. The predicted octanol–water partition coefficient (Wildman–Crippen LogP) is 4.04. The van der Waals surface area contributed by atoms with Crippen LogP contribution in [0.5, 0.6) is 5.75 Å². The van der Waals surface area contributed by atoms with Gasteiger partial charge in [-0.1, -0.05) is 13.8 Å². The highest BCUT2D eigenvalue weighted by Crippen LogP contribution is 2.31. The quantitative estimate of drug-likeness (QED) is 0.904. The van der Waals surface area contributed by atoms with Crippen LogP contribution in [-0.4, -0.2) is 11.6 Å². The Bertz CT molecular complexity index is 553. The molecular formula is C16H22N2OS. The number of aromatic nitrogens is 1. The van der Waals surface area contributed by atoms with Crippen molar-refractivity contribution in [3.8, 4) is 16.3 Å². The van der Waals surface area contributed by atoms with E-state index < -0.39 is 0 Å². The average Bonchev–Trinajstić information content (AvgIpc) is 2.86. The summed E-state index contributed by atoms with van der Waals surface area (Å²) in [7, 11) is 0. The van der Waals surface area contributed by atoms with Gasteiger partial charge in [-0.15, -0.1) is 11.3 Å². The fourth-order valence-corrected chi connectivity index (χ4v) is 2.60. The Morgan fingerprint density at radius 1 is 1.25 bits per heavy atom. The molecule has 2 N–H and O–H groups in total. The van der Waals surface area contributed by atoms with Crippen LogP contribution in [0.1, 0.15) is 32.6 Å². The van der Waals surface area contributed by atoms with E-state index in [4.69, 9.17) is 10.5 Å². The number of benzene rings is 1. The highest BCUT2D eigenvalue weighted by atomic mass is 32.1. The minimum atomic E-state index is -0.337. The van der Waals surface area contributed by atoms with Crippen molar-refractivity contribution in [2.75, 3.05) is 6.61 Å². The van der Waals surface area contributed by atoms with Crippen LogP contribution in [0.2, 0.25) is 0 Å². The maximum absolute atomic E-state index is 6.09. The molecule has 0 amide bonds. The lowest BCUT2D eigenvalue weighted by Crippen LogP contribution is -2.27. The summed E-state index contributed by atoms with van der Waals surface area (Å²) in [5.41, 5.74) is 6.85. The van der Waals surface area contributed by atoms with Crippen molar-refractivity contribution >= 4 is 11.3 Å². The minimum Gasteiger partial charge on any atom is -0.493 e. The maximum atomic E-state index is 6.09. The number of ether oxygens (including phenoxy) is 1. The van der Waals surface area contributed by atoms with Crippen LogP contribution in [-0.2, 0) is 5.54 Å². The first-order valence-electron chi connectivity index (χ1n) is 6.84. The first kappa shape index (κ1) is 15.0. The van der Waals surface area contributed by atoms with Crippen LogP contribution in [0.3, 0.4) is 0 Å². The van der Waals surface area contributed by atoms with Gasteiger partial charge in [0.2, 0.25) is 0 Å². The molecule has 0 atom stereocenters. The molecule has 20 heavy (non-hydrogen) atoms. The molecular weight excluding hydrogens is 268 g/mol. The SMILES string of the molecule is CC(C)COc1ccc(-c2ncc(C(C)(C)N)s2)cc1. The molecule has 108 valence electrons. The zero-order chi connectivity index (χ0) is 14.8. The topological polar surface area (TPSA) is 48.1 Å². The average molecular weight is 290 g/mol. The fourth-order valence-electron chi connectivity index (χ4n) is 1.66. The van der Waals surface area contributed by atoms with E-state index in [2.05, 4.69) is 18.8 Å². The molecule has 0 fully saturated rings. The molecule has 0 bridgehead atoms. The number of thiazole rings is 1. The standard InChI is InChI=1S/C16H22N2OS/c1-11(2)10-19-13-7-5-12(6-8-13)15-18-9-14(20-15)16(3,4)17/h5-9,11H,10,17H2,1-4H3. The van der Waals surface area contributed by atoms with Gasteiger partial charge < -0.3 is 10.5 Å².